The van der Waals surface area contributed by atoms with Crippen molar-refractivity contribution in [1.82, 2.24) is 0 Å². The standard InChI is InChI=1S/C27H50/c1-8-15-27(10-3)22-25(7)16-13-11-12-14-17-26(9-2)21-20-24(6)19-18-23(4)5/h18-19,22,24-26H,4,8-17,20-21H2,1-3,5-7H3. The number of hydrogen-bond donors (Lipinski definition) is 0. The maximum Gasteiger partial charge on any atom is -0.0259 e. The minimum absolute atomic E-state index is 0.686. The molecular weight excluding hydrogens is 324 g/mol. The lowest BCUT2D eigenvalue weighted by atomic mass is 9.90. The molecule has 27 heavy (non-hydrogen) atoms. The minimum atomic E-state index is 0.686. The molecule has 0 fully saturated rings. The molecule has 0 aliphatic heterocycles. The van der Waals surface area contributed by atoms with E-state index in [4.69, 9.17) is 0 Å². The van der Waals surface area contributed by atoms with Crippen LogP contribution in [0.2, 0.25) is 0 Å². The fraction of sp³-hybridized carbons (Fsp3) is 0.778. The second-order valence-electron chi connectivity index (χ2n) is 8.93. The molecule has 3 unspecified atom stereocenters. The third-order valence-corrected chi connectivity index (χ3v) is 5.88. The highest BCUT2D eigenvalue weighted by molar-refractivity contribution is 5.11. The zero-order valence-electron chi connectivity index (χ0n) is 19.7. The molecule has 0 N–H and O–H groups in total. The zero-order chi connectivity index (χ0) is 20.5. The summed E-state index contributed by atoms with van der Waals surface area (Å²) in [5.74, 6) is 2.38. The van der Waals surface area contributed by atoms with Crippen molar-refractivity contribution < 1.29 is 0 Å². The van der Waals surface area contributed by atoms with Gasteiger partial charge < -0.3 is 0 Å². The van der Waals surface area contributed by atoms with E-state index in [1.807, 2.05) is 0 Å². The van der Waals surface area contributed by atoms with E-state index in [0.717, 1.165) is 17.4 Å². The Labute approximate surface area is 172 Å². The summed E-state index contributed by atoms with van der Waals surface area (Å²) in [6.45, 7) is 17.7. The van der Waals surface area contributed by atoms with Crippen molar-refractivity contribution >= 4 is 0 Å². The highest BCUT2D eigenvalue weighted by Crippen LogP contribution is 2.23. The van der Waals surface area contributed by atoms with Gasteiger partial charge in [-0.15, -0.1) is 0 Å². The van der Waals surface area contributed by atoms with E-state index < -0.39 is 0 Å². The van der Waals surface area contributed by atoms with Gasteiger partial charge in [-0.25, -0.2) is 0 Å². The zero-order valence-corrected chi connectivity index (χ0v) is 19.7. The van der Waals surface area contributed by atoms with Gasteiger partial charge >= 0.3 is 0 Å². The molecule has 0 rings (SSSR count). The quantitative estimate of drug-likeness (QED) is 0.135. The van der Waals surface area contributed by atoms with E-state index in [-0.39, 0.29) is 0 Å². The molecule has 0 radical (unpaired) electrons. The first-order chi connectivity index (χ1) is 12.9. The van der Waals surface area contributed by atoms with E-state index >= 15 is 0 Å². The van der Waals surface area contributed by atoms with Gasteiger partial charge in [0.25, 0.3) is 0 Å². The molecule has 0 bridgehead atoms. The second kappa shape index (κ2) is 17.3. The van der Waals surface area contributed by atoms with Gasteiger partial charge in [0.1, 0.15) is 0 Å². The van der Waals surface area contributed by atoms with Crippen LogP contribution < -0.4 is 0 Å². The molecule has 0 heteroatoms. The Morgan fingerprint density at radius 2 is 1.52 bits per heavy atom. The summed E-state index contributed by atoms with van der Waals surface area (Å²) >= 11 is 0. The Balaban J connectivity index is 3.87. The van der Waals surface area contributed by atoms with Crippen LogP contribution in [0.25, 0.3) is 0 Å². The van der Waals surface area contributed by atoms with Crippen LogP contribution in [-0.2, 0) is 0 Å². The first-order valence-corrected chi connectivity index (χ1v) is 12.0. The van der Waals surface area contributed by atoms with Crippen molar-refractivity contribution in [2.45, 2.75) is 119 Å². The second-order valence-corrected chi connectivity index (χ2v) is 8.93. The summed E-state index contributed by atoms with van der Waals surface area (Å²) < 4.78 is 0. The number of rotatable bonds is 17. The first kappa shape index (κ1) is 26.2. The van der Waals surface area contributed by atoms with Crippen LogP contribution in [-0.4, -0.2) is 0 Å². The van der Waals surface area contributed by atoms with Gasteiger partial charge in [-0.2, -0.15) is 0 Å². The maximum absolute atomic E-state index is 3.95. The molecule has 0 amide bonds. The van der Waals surface area contributed by atoms with E-state index in [0.29, 0.717) is 5.92 Å². The normalized spacial score (nSPS) is 15.9. The van der Waals surface area contributed by atoms with Crippen molar-refractivity contribution in [1.29, 1.82) is 0 Å². The first-order valence-electron chi connectivity index (χ1n) is 12.0. The SMILES string of the molecule is C=C(C)C=CC(C)CCC(CC)CCCCCCC(C)C=C(CC)CCC. The Hall–Kier alpha value is -0.780. The van der Waals surface area contributed by atoms with Gasteiger partial charge in [-0.1, -0.05) is 116 Å². The molecule has 0 aromatic carbocycles. The number of allylic oxidation sites excluding steroid dienone is 5. The summed E-state index contributed by atoms with van der Waals surface area (Å²) in [4.78, 5) is 0. The summed E-state index contributed by atoms with van der Waals surface area (Å²) in [7, 11) is 0. The molecule has 0 saturated heterocycles. The molecule has 0 saturated carbocycles. The number of unbranched alkanes of at least 4 members (excludes halogenated alkanes) is 3. The van der Waals surface area contributed by atoms with Gasteiger partial charge in [0, 0.05) is 0 Å². The van der Waals surface area contributed by atoms with Gasteiger partial charge in [0.15, 0.2) is 0 Å². The largest absolute Gasteiger partial charge is 0.0961 e. The summed E-state index contributed by atoms with van der Waals surface area (Å²) in [6.07, 6.45) is 23.4. The molecule has 0 aliphatic rings. The fourth-order valence-corrected chi connectivity index (χ4v) is 3.91. The molecule has 0 nitrogen and oxygen atoms in total. The molecule has 0 spiro atoms. The lowest BCUT2D eigenvalue weighted by molar-refractivity contribution is 0.383. The van der Waals surface area contributed by atoms with E-state index in [2.05, 4.69) is 66.3 Å². The van der Waals surface area contributed by atoms with Gasteiger partial charge in [0.2, 0.25) is 0 Å². The topological polar surface area (TPSA) is 0 Å². The van der Waals surface area contributed by atoms with Crippen LogP contribution in [0.15, 0.2) is 36.0 Å². The van der Waals surface area contributed by atoms with Crippen molar-refractivity contribution in [3.63, 3.8) is 0 Å². The fourth-order valence-electron chi connectivity index (χ4n) is 3.91. The molecule has 158 valence electrons. The Morgan fingerprint density at radius 1 is 0.852 bits per heavy atom. The van der Waals surface area contributed by atoms with Crippen LogP contribution >= 0.6 is 0 Å². The monoisotopic (exact) mass is 374 g/mol. The summed E-state index contributed by atoms with van der Waals surface area (Å²) in [5.41, 5.74) is 2.83. The average molecular weight is 375 g/mol. The average Bonchev–Trinajstić information content (AvgIpc) is 2.64. The Bertz CT molecular complexity index is 412. The van der Waals surface area contributed by atoms with Crippen LogP contribution in [0.4, 0.5) is 0 Å². The lowest BCUT2D eigenvalue weighted by Gasteiger charge is -2.16. The van der Waals surface area contributed by atoms with Gasteiger partial charge in [-0.05, 0) is 56.8 Å². The summed E-state index contributed by atoms with van der Waals surface area (Å²) in [6, 6.07) is 0. The van der Waals surface area contributed by atoms with Crippen molar-refractivity contribution in [3.05, 3.63) is 36.0 Å². The van der Waals surface area contributed by atoms with Crippen LogP contribution in [0, 0.1) is 17.8 Å². The Morgan fingerprint density at radius 3 is 2.07 bits per heavy atom. The highest BCUT2D eigenvalue weighted by atomic mass is 14.1. The van der Waals surface area contributed by atoms with Crippen molar-refractivity contribution in [2.24, 2.45) is 17.8 Å². The summed E-state index contributed by atoms with van der Waals surface area (Å²) in [5, 5.41) is 0. The van der Waals surface area contributed by atoms with Gasteiger partial charge in [-0.3, -0.25) is 0 Å². The predicted octanol–water partition coefficient (Wildman–Crippen LogP) is 9.67. The van der Waals surface area contributed by atoms with Crippen molar-refractivity contribution in [2.75, 3.05) is 0 Å². The maximum atomic E-state index is 3.95. The lowest BCUT2D eigenvalue weighted by Crippen LogP contribution is -2.02. The molecule has 0 aromatic rings. The third kappa shape index (κ3) is 15.9. The third-order valence-electron chi connectivity index (χ3n) is 5.88. The minimum Gasteiger partial charge on any atom is -0.0961 e. The van der Waals surface area contributed by atoms with E-state index in [1.54, 1.807) is 5.57 Å². The van der Waals surface area contributed by atoms with Crippen molar-refractivity contribution in [3.8, 4) is 0 Å². The molecular formula is C27H50. The molecule has 0 aliphatic carbocycles. The molecule has 0 heterocycles. The highest BCUT2D eigenvalue weighted by Gasteiger charge is 2.08. The van der Waals surface area contributed by atoms with Crippen LogP contribution in [0.5, 0.6) is 0 Å². The smallest absolute Gasteiger partial charge is 0.0259 e. The molecule has 0 aromatic heterocycles. The Kier molecular flexibility index (Phi) is 16.8. The van der Waals surface area contributed by atoms with E-state index in [9.17, 15) is 0 Å². The molecule has 3 atom stereocenters. The van der Waals surface area contributed by atoms with Crippen LogP contribution in [0.3, 0.4) is 0 Å². The van der Waals surface area contributed by atoms with E-state index in [1.165, 1.54) is 77.0 Å². The number of hydrogen-bond acceptors (Lipinski definition) is 0. The predicted molar refractivity (Wildman–Crippen MR) is 126 cm³/mol. The van der Waals surface area contributed by atoms with Crippen LogP contribution in [0.1, 0.15) is 119 Å². The van der Waals surface area contributed by atoms with Gasteiger partial charge in [0.05, 0.1) is 0 Å².